The molecule has 2 heterocycles. The minimum Gasteiger partial charge on any atom is -0.507 e. The molecular formula is C67H95N9O26. The number of ketones is 3. The number of aliphatic hydroxyl groups excluding tert-OH is 5. The maximum atomic E-state index is 14.5. The van der Waals surface area contributed by atoms with Crippen LogP contribution >= 0.6 is 0 Å². The van der Waals surface area contributed by atoms with Crippen LogP contribution in [0.15, 0.2) is 18.2 Å². The van der Waals surface area contributed by atoms with Crippen molar-refractivity contribution in [2.45, 2.75) is 189 Å². The standard InChI is InChI=1S/C67H95N9O26/c1-31(2)21-40(62(91)71-39-23-49(101-33(4)55(39)84)102-45-25-67(96,46(81)29-79)24-37-51(45)59(88)53-52(57(37)86)56(85)36-13-10-14-44(98-6)50(36)58(53)87)72-63(92)41(27-77)74-61(90)38(15-16-47(68)82)70-66(95)54(34-11-8-7-9-12-34)75-64(93)42(28-78)73-60(89)32(3)69-65(94)43-22-35(80)26-76(43)48(83)30-100-20-19-99-18-17-97-5/h10,13-14,31-35,38-43,45,49,54-55,77-80,84,86,88,96H,7-9,11-12,15-30H2,1-6H3,(H2,68,82)(H,69,94)(H,70,95)(H,71,91)(H,72,92)(H,73,89)(H,74,90)(H,75,93)/t32-,33+,35-,38-,39+,40-,41-,42-,43-,45-,49+,54?,55-,67-/m0/s1. The predicted molar refractivity (Wildman–Crippen MR) is 351 cm³/mol. The number of phenols is 2. The van der Waals surface area contributed by atoms with Crippen molar-refractivity contribution in [2.24, 2.45) is 17.6 Å². The number of β-amino-alcohol motifs (C(OH)–C–C–N with tert-alkyl or cyclic N) is 1. The second-order valence-electron chi connectivity index (χ2n) is 26.6. The van der Waals surface area contributed by atoms with E-state index >= 15 is 0 Å². The first-order chi connectivity index (χ1) is 48.4. The first kappa shape index (κ1) is 80.9. The monoisotopic (exact) mass is 1440 g/mol. The van der Waals surface area contributed by atoms with Crippen molar-refractivity contribution in [3.05, 3.63) is 51.6 Å². The molecular weight excluding hydrogens is 1350 g/mol. The summed E-state index contributed by atoms with van der Waals surface area (Å²) in [7, 11) is 2.76. The molecule has 2 aromatic carbocycles. The van der Waals surface area contributed by atoms with Crippen LogP contribution in [0.5, 0.6) is 17.2 Å². The van der Waals surface area contributed by atoms with Gasteiger partial charge in [0.25, 0.3) is 0 Å². The molecule has 2 aliphatic heterocycles. The number of methoxy groups -OCH3 is 2. The third-order valence-corrected chi connectivity index (χ3v) is 18.8. The molecule has 35 nitrogen and oxygen atoms in total. The van der Waals surface area contributed by atoms with Gasteiger partial charge in [-0.2, -0.15) is 0 Å². The van der Waals surface area contributed by atoms with E-state index in [2.05, 4.69) is 37.2 Å². The number of hydrogen-bond acceptors (Lipinski definition) is 26. The number of nitrogens with two attached hydrogens (primary N) is 1. The highest BCUT2D eigenvalue weighted by atomic mass is 16.7. The molecule has 3 aliphatic carbocycles. The Morgan fingerprint density at radius 1 is 0.725 bits per heavy atom. The largest absolute Gasteiger partial charge is 0.507 e. The Morgan fingerprint density at radius 3 is 1.98 bits per heavy atom. The van der Waals surface area contributed by atoms with E-state index in [4.69, 9.17) is 34.2 Å². The predicted octanol–water partition coefficient (Wildman–Crippen LogP) is -4.39. The molecule has 1 saturated carbocycles. The molecule has 2 aromatic rings. The number of nitrogens with one attached hydrogen (secondary N) is 7. The summed E-state index contributed by atoms with van der Waals surface area (Å²) >= 11 is 0. The number of aromatic hydroxyl groups is 2. The first-order valence-electron chi connectivity index (χ1n) is 33.9. The number of Topliss-reactive ketones (excluding diaryl/α,β-unsaturated/α-hetero) is 1. The Kier molecular flexibility index (Phi) is 29.1. The third-order valence-electron chi connectivity index (χ3n) is 18.8. The summed E-state index contributed by atoms with van der Waals surface area (Å²) in [6.07, 6.45) is -7.35. The van der Waals surface area contributed by atoms with Gasteiger partial charge in [0.05, 0.1) is 87.8 Å². The number of carbonyl (C=O) groups excluding carboxylic acids is 12. The number of rotatable bonds is 35. The molecule has 17 N–H and O–H groups in total. The number of carbonyl (C=O) groups is 12. The lowest BCUT2D eigenvalue weighted by Crippen LogP contribution is -2.62. The molecule has 0 radical (unpaired) electrons. The van der Waals surface area contributed by atoms with Gasteiger partial charge in [0.15, 0.2) is 17.9 Å². The van der Waals surface area contributed by atoms with Crippen molar-refractivity contribution < 1.29 is 127 Å². The van der Waals surface area contributed by atoms with Crippen LogP contribution in [-0.2, 0) is 78.1 Å². The smallest absolute Gasteiger partial charge is 0.249 e. The highest BCUT2D eigenvalue weighted by Gasteiger charge is 2.51. The number of hydrogen-bond donors (Lipinski definition) is 16. The van der Waals surface area contributed by atoms with E-state index in [0.29, 0.717) is 38.9 Å². The summed E-state index contributed by atoms with van der Waals surface area (Å²) < 4.78 is 33.3. The SMILES string of the molecule is COCCOCCOCC(=O)N1C[C@@H](O)C[C@H]1C(=O)N[C@@H](C)C(=O)N[C@@H](CO)C(=O)NC(C(=O)N[C@@H](CCC(N)=O)C(=O)N[C@@H](CO)C(=O)N[C@@H](CC(C)C)C(=O)N[C@@H]1C[C@@H](O[C@H]2C[C@](O)(C(=O)CO)Cc3c(O)c4c(c(O)c32)C(=O)c2c(OC)cccc2C4=O)O[C@H](C)[C@@H]1O)C1CCCCC1. The maximum Gasteiger partial charge on any atom is 0.249 e. The number of benzene rings is 2. The highest BCUT2D eigenvalue weighted by Crippen LogP contribution is 2.53. The van der Waals surface area contributed by atoms with Crippen LogP contribution < -0.4 is 47.7 Å². The molecule has 0 bridgehead atoms. The fourth-order valence-electron chi connectivity index (χ4n) is 13.3. The van der Waals surface area contributed by atoms with E-state index < -0.39 is 242 Å². The van der Waals surface area contributed by atoms with Gasteiger partial charge in [0.2, 0.25) is 58.9 Å². The van der Waals surface area contributed by atoms with E-state index in [-0.39, 0.29) is 66.5 Å². The number of ether oxygens (including phenoxy) is 6. The Bertz CT molecular complexity index is 3420. The average molecular weight is 1440 g/mol. The fraction of sp³-hybridized carbons (Fsp3) is 0.642. The summed E-state index contributed by atoms with van der Waals surface area (Å²) in [5.74, 6) is -14.2. The van der Waals surface area contributed by atoms with Crippen molar-refractivity contribution >= 4 is 70.5 Å². The van der Waals surface area contributed by atoms with Gasteiger partial charge in [-0.1, -0.05) is 45.2 Å². The van der Waals surface area contributed by atoms with Crippen molar-refractivity contribution in [1.29, 1.82) is 0 Å². The number of fused-ring (bicyclic) bond motifs is 3. The number of aliphatic hydroxyl groups is 6. The number of amides is 9. The lowest BCUT2D eigenvalue weighted by molar-refractivity contribution is -0.249. The summed E-state index contributed by atoms with van der Waals surface area (Å²) in [6, 6.07) is -7.96. The van der Waals surface area contributed by atoms with Crippen LogP contribution in [0.2, 0.25) is 0 Å². The molecule has 35 heteroatoms. The molecule has 7 rings (SSSR count). The second kappa shape index (κ2) is 36.7. The van der Waals surface area contributed by atoms with E-state index in [1.807, 2.05) is 0 Å². The van der Waals surface area contributed by atoms with Crippen LogP contribution in [0.3, 0.4) is 0 Å². The Balaban J connectivity index is 1.01. The van der Waals surface area contributed by atoms with E-state index in [9.17, 15) is 98.4 Å². The molecule has 9 amide bonds. The molecule has 564 valence electrons. The Labute approximate surface area is 586 Å². The van der Waals surface area contributed by atoms with E-state index in [0.717, 1.165) is 11.3 Å². The van der Waals surface area contributed by atoms with Crippen LogP contribution in [0.1, 0.15) is 147 Å². The first-order valence-corrected chi connectivity index (χ1v) is 33.9. The van der Waals surface area contributed by atoms with E-state index in [1.165, 1.54) is 46.3 Å². The van der Waals surface area contributed by atoms with Crippen LogP contribution in [0.4, 0.5) is 0 Å². The van der Waals surface area contributed by atoms with Crippen LogP contribution in [-0.4, -0.2) is 268 Å². The highest BCUT2D eigenvalue weighted by molar-refractivity contribution is 6.31. The topological polar surface area (TPSA) is 536 Å². The van der Waals surface area contributed by atoms with Gasteiger partial charge < -0.3 is 117 Å². The minimum atomic E-state index is -2.51. The van der Waals surface area contributed by atoms with Gasteiger partial charge in [0, 0.05) is 62.4 Å². The van der Waals surface area contributed by atoms with Gasteiger partial charge in [0.1, 0.15) is 84.5 Å². The van der Waals surface area contributed by atoms with Crippen LogP contribution in [0, 0.1) is 11.8 Å². The van der Waals surface area contributed by atoms with Crippen molar-refractivity contribution in [1.82, 2.24) is 42.1 Å². The minimum absolute atomic E-state index is 0.0252. The molecule has 3 fully saturated rings. The normalized spacial score (nSPS) is 23.5. The number of primary amides is 1. The zero-order valence-corrected chi connectivity index (χ0v) is 57.7. The van der Waals surface area contributed by atoms with Crippen LogP contribution in [0.25, 0.3) is 0 Å². The van der Waals surface area contributed by atoms with Gasteiger partial charge in [-0.25, -0.2) is 0 Å². The summed E-state index contributed by atoms with van der Waals surface area (Å²) in [5.41, 5.74) is 0.595. The summed E-state index contributed by atoms with van der Waals surface area (Å²) in [4.78, 5) is 166. The molecule has 1 unspecified atom stereocenters. The van der Waals surface area contributed by atoms with Gasteiger partial charge in [-0.15, -0.1) is 0 Å². The average Bonchev–Trinajstić information content (AvgIpc) is 0.777. The van der Waals surface area contributed by atoms with Gasteiger partial charge in [-0.3, -0.25) is 57.5 Å². The van der Waals surface area contributed by atoms with Gasteiger partial charge in [-0.05, 0) is 57.4 Å². The number of nitrogens with zero attached hydrogens (tertiary/aromatic N) is 1. The molecule has 2 saturated heterocycles. The van der Waals surface area contributed by atoms with Crippen molar-refractivity contribution in [3.8, 4) is 17.2 Å². The lowest BCUT2D eigenvalue weighted by atomic mass is 9.72. The molecule has 5 aliphatic rings. The van der Waals surface area contributed by atoms with Crippen molar-refractivity contribution in [2.75, 3.05) is 73.6 Å². The number of phenolic OH excluding ortho intramolecular Hbond substituents is 2. The zero-order valence-electron chi connectivity index (χ0n) is 57.7. The van der Waals surface area contributed by atoms with Crippen molar-refractivity contribution in [3.63, 3.8) is 0 Å². The molecule has 0 aromatic heterocycles. The Hall–Kier alpha value is -8.36. The Morgan fingerprint density at radius 2 is 1.34 bits per heavy atom. The number of likely N-dealkylation sites (tertiary alicyclic amines) is 1. The molecule has 14 atom stereocenters. The third kappa shape index (κ3) is 19.7. The zero-order chi connectivity index (χ0) is 75.0. The van der Waals surface area contributed by atoms with Gasteiger partial charge >= 0.3 is 0 Å². The second-order valence-corrected chi connectivity index (χ2v) is 26.6. The maximum absolute atomic E-state index is 14.5. The van der Waals surface area contributed by atoms with E-state index in [1.54, 1.807) is 13.8 Å². The molecule has 102 heavy (non-hydrogen) atoms. The fourth-order valence-corrected chi connectivity index (χ4v) is 13.3. The molecule has 0 spiro atoms. The summed E-state index contributed by atoms with van der Waals surface area (Å²) in [5, 5.41) is 106. The lowest BCUT2D eigenvalue weighted by Gasteiger charge is -2.43. The quantitative estimate of drug-likeness (QED) is 0.0195. The summed E-state index contributed by atoms with van der Waals surface area (Å²) in [6.45, 7) is 3.00.